The number of hydrogen-bond acceptors (Lipinski definition) is 2. The first-order valence-electron chi connectivity index (χ1n) is 8.72. The van der Waals surface area contributed by atoms with Gasteiger partial charge in [-0.25, -0.2) is 0 Å². The summed E-state index contributed by atoms with van der Waals surface area (Å²) in [6, 6.07) is 5.27. The van der Waals surface area contributed by atoms with Crippen LogP contribution in [0.3, 0.4) is 0 Å². The number of aromatic nitrogens is 2. The molecule has 4 nitrogen and oxygen atoms in total. The summed E-state index contributed by atoms with van der Waals surface area (Å²) >= 11 is 6.06. The molecular formula is C19H22ClF3N2O2. The predicted octanol–water partition coefficient (Wildman–Crippen LogP) is 5.52. The molecule has 0 fully saturated rings. The molecule has 1 N–H and O–H groups in total. The van der Waals surface area contributed by atoms with E-state index in [9.17, 15) is 18.0 Å². The number of nitrogens with zero attached hydrogens (tertiary/aromatic N) is 2. The molecule has 27 heavy (non-hydrogen) atoms. The highest BCUT2D eigenvalue weighted by Gasteiger charge is 2.30. The van der Waals surface area contributed by atoms with Gasteiger partial charge < -0.3 is 5.11 Å². The number of benzene rings is 1. The molecule has 2 aromatic rings. The SMILES string of the molecule is CC(C)c1cc(CCCCC(=O)O)n(Cc2ccc(C(F)(F)F)cc2Cl)n1. The van der Waals surface area contributed by atoms with Crippen molar-refractivity contribution < 1.29 is 23.1 Å². The molecule has 1 aromatic carbocycles. The lowest BCUT2D eigenvalue weighted by molar-refractivity contribution is -0.138. The van der Waals surface area contributed by atoms with Crippen molar-refractivity contribution in [3.63, 3.8) is 0 Å². The zero-order chi connectivity index (χ0) is 20.2. The van der Waals surface area contributed by atoms with Gasteiger partial charge in [0, 0.05) is 17.1 Å². The standard InChI is InChI=1S/C19H22ClF3N2O2/c1-12(2)17-10-15(5-3-4-6-18(26)27)25(24-17)11-13-7-8-14(9-16(13)20)19(21,22)23/h7-10,12H,3-6,11H2,1-2H3,(H,26,27). The molecule has 0 saturated heterocycles. The number of carboxylic acid groups (broad SMARTS) is 1. The number of aryl methyl sites for hydroxylation is 1. The van der Waals surface area contributed by atoms with Crippen LogP contribution in [0.4, 0.5) is 13.2 Å². The summed E-state index contributed by atoms with van der Waals surface area (Å²) in [4.78, 5) is 10.6. The number of carboxylic acids is 1. The lowest BCUT2D eigenvalue weighted by atomic mass is 10.1. The second-order valence-electron chi connectivity index (χ2n) is 6.78. The summed E-state index contributed by atoms with van der Waals surface area (Å²) in [5.41, 5.74) is 1.56. The molecule has 1 heterocycles. The van der Waals surface area contributed by atoms with Crippen LogP contribution in [0.15, 0.2) is 24.3 Å². The Hall–Kier alpha value is -2.02. The van der Waals surface area contributed by atoms with Gasteiger partial charge in [0.1, 0.15) is 0 Å². The van der Waals surface area contributed by atoms with Crippen molar-refractivity contribution in [3.05, 3.63) is 51.8 Å². The van der Waals surface area contributed by atoms with E-state index in [-0.39, 0.29) is 23.9 Å². The minimum atomic E-state index is -4.44. The highest BCUT2D eigenvalue weighted by molar-refractivity contribution is 6.31. The molecule has 0 aliphatic carbocycles. The maximum absolute atomic E-state index is 12.8. The molecule has 0 aliphatic heterocycles. The Labute approximate surface area is 161 Å². The highest BCUT2D eigenvalue weighted by Crippen LogP contribution is 2.32. The van der Waals surface area contributed by atoms with Crippen LogP contribution < -0.4 is 0 Å². The average molecular weight is 403 g/mol. The lowest BCUT2D eigenvalue weighted by Crippen LogP contribution is -2.09. The van der Waals surface area contributed by atoms with Gasteiger partial charge in [0.2, 0.25) is 0 Å². The molecule has 0 radical (unpaired) electrons. The van der Waals surface area contributed by atoms with Gasteiger partial charge in [0.15, 0.2) is 0 Å². The third-order valence-corrected chi connectivity index (χ3v) is 4.60. The molecule has 8 heteroatoms. The second-order valence-corrected chi connectivity index (χ2v) is 7.18. The quantitative estimate of drug-likeness (QED) is 0.591. The number of unbranched alkanes of at least 4 members (excludes halogenated alkanes) is 1. The largest absolute Gasteiger partial charge is 0.481 e. The Morgan fingerprint density at radius 3 is 2.52 bits per heavy atom. The van der Waals surface area contributed by atoms with E-state index in [1.54, 1.807) is 4.68 Å². The molecule has 0 spiro atoms. The fraction of sp³-hybridized carbons (Fsp3) is 0.474. The van der Waals surface area contributed by atoms with Gasteiger partial charge in [-0.05, 0) is 48.9 Å². The van der Waals surface area contributed by atoms with Crippen LogP contribution in [0.2, 0.25) is 5.02 Å². The molecule has 148 valence electrons. The number of alkyl halides is 3. The smallest absolute Gasteiger partial charge is 0.416 e. The normalized spacial score (nSPS) is 12.0. The van der Waals surface area contributed by atoms with E-state index in [1.807, 2.05) is 19.9 Å². The molecule has 0 aliphatic rings. The van der Waals surface area contributed by atoms with E-state index in [4.69, 9.17) is 16.7 Å². The molecule has 0 atom stereocenters. The van der Waals surface area contributed by atoms with E-state index in [2.05, 4.69) is 5.10 Å². The Morgan fingerprint density at radius 1 is 1.26 bits per heavy atom. The van der Waals surface area contributed by atoms with Crippen LogP contribution in [0.25, 0.3) is 0 Å². The van der Waals surface area contributed by atoms with Crippen molar-refractivity contribution >= 4 is 17.6 Å². The topological polar surface area (TPSA) is 55.1 Å². The van der Waals surface area contributed by atoms with Crippen molar-refractivity contribution in [1.82, 2.24) is 9.78 Å². The van der Waals surface area contributed by atoms with Crippen LogP contribution in [0.1, 0.15) is 61.5 Å². The lowest BCUT2D eigenvalue weighted by Gasteiger charge is -2.12. The Morgan fingerprint density at radius 2 is 1.96 bits per heavy atom. The van der Waals surface area contributed by atoms with Gasteiger partial charge in [-0.15, -0.1) is 0 Å². The van der Waals surface area contributed by atoms with Gasteiger partial charge in [-0.2, -0.15) is 18.3 Å². The Bertz CT molecular complexity index is 801. The van der Waals surface area contributed by atoms with Crippen LogP contribution >= 0.6 is 11.6 Å². The second kappa shape index (κ2) is 8.78. The highest BCUT2D eigenvalue weighted by atomic mass is 35.5. The van der Waals surface area contributed by atoms with E-state index >= 15 is 0 Å². The molecule has 1 aromatic heterocycles. The number of hydrogen-bond donors (Lipinski definition) is 1. The molecule has 0 amide bonds. The number of carbonyl (C=O) groups is 1. The first kappa shape index (κ1) is 21.3. The van der Waals surface area contributed by atoms with E-state index in [0.717, 1.165) is 23.5 Å². The van der Waals surface area contributed by atoms with Gasteiger partial charge in [0.05, 0.1) is 17.8 Å². The van der Waals surface area contributed by atoms with E-state index in [1.165, 1.54) is 6.07 Å². The van der Waals surface area contributed by atoms with Gasteiger partial charge >= 0.3 is 12.1 Å². The maximum atomic E-state index is 12.8. The first-order chi connectivity index (χ1) is 12.6. The van der Waals surface area contributed by atoms with Crippen molar-refractivity contribution in [2.45, 2.75) is 58.2 Å². The van der Waals surface area contributed by atoms with Crippen molar-refractivity contribution in [3.8, 4) is 0 Å². The minimum absolute atomic E-state index is 0.0447. The summed E-state index contributed by atoms with van der Waals surface area (Å²) in [7, 11) is 0. The van der Waals surface area contributed by atoms with Crippen molar-refractivity contribution in [2.24, 2.45) is 0 Å². The molecule has 0 saturated carbocycles. The Kier molecular flexibility index (Phi) is 6.92. The van der Waals surface area contributed by atoms with Crippen molar-refractivity contribution in [2.75, 3.05) is 0 Å². The Balaban J connectivity index is 2.20. The van der Waals surface area contributed by atoms with Gasteiger partial charge in [-0.1, -0.05) is 31.5 Å². The predicted molar refractivity (Wildman–Crippen MR) is 97.1 cm³/mol. The van der Waals surface area contributed by atoms with E-state index < -0.39 is 17.7 Å². The molecule has 0 unspecified atom stereocenters. The summed E-state index contributed by atoms with van der Waals surface area (Å²) in [5, 5.41) is 13.3. The van der Waals surface area contributed by atoms with Crippen LogP contribution in [-0.4, -0.2) is 20.9 Å². The number of halogens is 4. The molecule has 0 bridgehead atoms. The third-order valence-electron chi connectivity index (χ3n) is 4.25. The zero-order valence-corrected chi connectivity index (χ0v) is 15.9. The van der Waals surface area contributed by atoms with Gasteiger partial charge in [0.25, 0.3) is 0 Å². The monoisotopic (exact) mass is 402 g/mol. The first-order valence-corrected chi connectivity index (χ1v) is 9.09. The number of rotatable bonds is 8. The van der Waals surface area contributed by atoms with Crippen molar-refractivity contribution in [1.29, 1.82) is 0 Å². The zero-order valence-electron chi connectivity index (χ0n) is 15.2. The summed E-state index contributed by atoms with van der Waals surface area (Å²) in [6.07, 6.45) is -2.44. The fourth-order valence-corrected chi connectivity index (χ4v) is 2.93. The maximum Gasteiger partial charge on any atom is 0.416 e. The molecular weight excluding hydrogens is 381 g/mol. The van der Waals surface area contributed by atoms with Crippen LogP contribution in [0, 0.1) is 0 Å². The van der Waals surface area contributed by atoms with Crippen LogP contribution in [0.5, 0.6) is 0 Å². The number of aliphatic carboxylic acids is 1. The fourth-order valence-electron chi connectivity index (χ4n) is 2.69. The van der Waals surface area contributed by atoms with Gasteiger partial charge in [-0.3, -0.25) is 9.48 Å². The molecule has 2 rings (SSSR count). The third kappa shape index (κ3) is 5.99. The van der Waals surface area contributed by atoms with E-state index in [0.29, 0.717) is 24.8 Å². The summed E-state index contributed by atoms with van der Waals surface area (Å²) < 4.78 is 40.1. The van der Waals surface area contributed by atoms with Crippen LogP contribution in [-0.2, 0) is 23.9 Å². The summed E-state index contributed by atoms with van der Waals surface area (Å²) in [5.74, 6) is -0.630. The minimum Gasteiger partial charge on any atom is -0.481 e. The summed E-state index contributed by atoms with van der Waals surface area (Å²) in [6.45, 7) is 4.27. The average Bonchev–Trinajstić information content (AvgIpc) is 2.95.